The molecule has 0 aliphatic heterocycles. The number of allylic oxidation sites excluding steroid dienone is 2. The van der Waals surface area contributed by atoms with Crippen molar-refractivity contribution >= 4 is 11.9 Å². The van der Waals surface area contributed by atoms with Crippen molar-refractivity contribution in [1.29, 1.82) is 0 Å². The normalized spacial score (nSPS) is 33.9. The van der Waals surface area contributed by atoms with E-state index in [1.54, 1.807) is 0 Å². The average molecular weight is 427 g/mol. The summed E-state index contributed by atoms with van der Waals surface area (Å²) in [5.41, 5.74) is 0. The molecule has 0 spiro atoms. The molecular weight excluding hydrogens is 388 g/mol. The van der Waals surface area contributed by atoms with Crippen LogP contribution in [0.3, 0.4) is 0 Å². The van der Waals surface area contributed by atoms with Crippen LogP contribution in [-0.2, 0) is 14.3 Å². The van der Waals surface area contributed by atoms with Crippen molar-refractivity contribution < 1.29 is 34.8 Å². The number of hydrogen-bond donors (Lipinski definition) is 4. The maximum Gasteiger partial charge on any atom is 0.308 e. The van der Waals surface area contributed by atoms with Crippen molar-refractivity contribution in [3.63, 3.8) is 0 Å². The number of aliphatic hydroxyl groups is 3. The van der Waals surface area contributed by atoms with Crippen LogP contribution in [0.5, 0.6) is 0 Å². The number of esters is 1. The SMILES string of the molecule is CC[C@H](C)C(=O)O[C@H]1C[C@H](O)C[C@@H]2C=C[C@H](C)[C@H](CC[C@@H](O)C[C@@H](O)CC(=O)O)[C@@H]12. The van der Waals surface area contributed by atoms with Crippen LogP contribution >= 0.6 is 0 Å². The van der Waals surface area contributed by atoms with Gasteiger partial charge in [0.2, 0.25) is 0 Å². The predicted molar refractivity (Wildman–Crippen MR) is 111 cm³/mol. The number of rotatable bonds is 10. The van der Waals surface area contributed by atoms with Gasteiger partial charge in [0.1, 0.15) is 6.10 Å². The first-order valence-corrected chi connectivity index (χ1v) is 11.3. The third-order valence-corrected chi connectivity index (χ3v) is 6.87. The van der Waals surface area contributed by atoms with E-state index >= 15 is 0 Å². The lowest BCUT2D eigenvalue weighted by molar-refractivity contribution is -0.166. The summed E-state index contributed by atoms with van der Waals surface area (Å²) in [5, 5.41) is 39.2. The van der Waals surface area contributed by atoms with E-state index in [1.807, 2.05) is 13.8 Å². The van der Waals surface area contributed by atoms with Gasteiger partial charge in [-0.3, -0.25) is 9.59 Å². The predicted octanol–water partition coefficient (Wildman–Crippen LogP) is 2.52. The van der Waals surface area contributed by atoms with E-state index in [0.29, 0.717) is 32.1 Å². The summed E-state index contributed by atoms with van der Waals surface area (Å²) in [6, 6.07) is 0. The molecule has 0 amide bonds. The molecule has 2 rings (SSSR count). The van der Waals surface area contributed by atoms with Gasteiger partial charge in [-0.2, -0.15) is 0 Å². The Bertz CT molecular complexity index is 604. The molecule has 9 atom stereocenters. The Morgan fingerprint density at radius 1 is 1.17 bits per heavy atom. The number of aliphatic carboxylic acids is 1. The van der Waals surface area contributed by atoms with Gasteiger partial charge >= 0.3 is 11.9 Å². The summed E-state index contributed by atoms with van der Waals surface area (Å²) in [7, 11) is 0. The highest BCUT2D eigenvalue weighted by atomic mass is 16.5. The summed E-state index contributed by atoms with van der Waals surface area (Å²) in [6.07, 6.45) is 4.11. The maximum atomic E-state index is 12.4. The van der Waals surface area contributed by atoms with Crippen molar-refractivity contribution in [2.75, 3.05) is 0 Å². The van der Waals surface area contributed by atoms with Crippen molar-refractivity contribution in [3.8, 4) is 0 Å². The van der Waals surface area contributed by atoms with Crippen LogP contribution in [0.1, 0.15) is 65.7 Å². The summed E-state index contributed by atoms with van der Waals surface area (Å²) in [5.74, 6) is -0.883. The molecule has 2 aliphatic carbocycles. The Labute approximate surface area is 179 Å². The molecule has 172 valence electrons. The first kappa shape index (κ1) is 24.8. The van der Waals surface area contributed by atoms with Crippen LogP contribution in [0.15, 0.2) is 12.2 Å². The quantitative estimate of drug-likeness (QED) is 0.312. The molecule has 0 aromatic rings. The van der Waals surface area contributed by atoms with Gasteiger partial charge in [-0.25, -0.2) is 0 Å². The molecule has 7 nitrogen and oxygen atoms in total. The molecule has 4 N–H and O–H groups in total. The van der Waals surface area contributed by atoms with Crippen molar-refractivity contribution in [2.24, 2.45) is 29.6 Å². The Kier molecular flexibility index (Phi) is 9.31. The minimum Gasteiger partial charge on any atom is -0.481 e. The third-order valence-electron chi connectivity index (χ3n) is 6.87. The van der Waals surface area contributed by atoms with Gasteiger partial charge in [0.25, 0.3) is 0 Å². The zero-order chi connectivity index (χ0) is 22.4. The fraction of sp³-hybridized carbons (Fsp3) is 0.826. The summed E-state index contributed by atoms with van der Waals surface area (Å²) >= 11 is 0. The van der Waals surface area contributed by atoms with E-state index in [0.717, 1.165) is 0 Å². The Balaban J connectivity index is 2.06. The minimum atomic E-state index is -1.09. The van der Waals surface area contributed by atoms with Crippen LogP contribution in [0.4, 0.5) is 0 Å². The highest BCUT2D eigenvalue weighted by Crippen LogP contribution is 2.46. The van der Waals surface area contributed by atoms with Gasteiger partial charge < -0.3 is 25.2 Å². The van der Waals surface area contributed by atoms with Gasteiger partial charge in [0.05, 0.1) is 30.7 Å². The highest BCUT2D eigenvalue weighted by Gasteiger charge is 2.45. The lowest BCUT2D eigenvalue weighted by atomic mass is 9.62. The molecule has 0 saturated heterocycles. The van der Waals surface area contributed by atoms with E-state index in [2.05, 4.69) is 19.1 Å². The summed E-state index contributed by atoms with van der Waals surface area (Å²) in [6.45, 7) is 5.90. The number of ether oxygens (including phenoxy) is 1. The Hall–Kier alpha value is -1.44. The largest absolute Gasteiger partial charge is 0.481 e. The fourth-order valence-corrected chi connectivity index (χ4v) is 5.00. The molecule has 7 heteroatoms. The minimum absolute atomic E-state index is 0.0302. The molecule has 30 heavy (non-hydrogen) atoms. The molecule has 2 aliphatic rings. The average Bonchev–Trinajstić information content (AvgIpc) is 2.65. The Morgan fingerprint density at radius 3 is 2.50 bits per heavy atom. The van der Waals surface area contributed by atoms with Crippen molar-refractivity contribution in [3.05, 3.63) is 12.2 Å². The Morgan fingerprint density at radius 2 is 1.87 bits per heavy atom. The fourth-order valence-electron chi connectivity index (χ4n) is 5.00. The summed E-state index contributed by atoms with van der Waals surface area (Å²) in [4.78, 5) is 23.2. The number of carbonyl (C=O) groups excluding carboxylic acids is 1. The molecule has 0 bridgehead atoms. The topological polar surface area (TPSA) is 124 Å². The van der Waals surface area contributed by atoms with Crippen LogP contribution in [0, 0.1) is 29.6 Å². The molecule has 1 fully saturated rings. The number of carbonyl (C=O) groups is 2. The first-order chi connectivity index (χ1) is 14.1. The van der Waals surface area contributed by atoms with Gasteiger partial charge in [0.15, 0.2) is 0 Å². The lowest BCUT2D eigenvalue weighted by Crippen LogP contribution is -2.47. The second-order valence-corrected chi connectivity index (χ2v) is 9.28. The van der Waals surface area contributed by atoms with E-state index in [9.17, 15) is 24.9 Å². The molecule has 0 aromatic carbocycles. The molecule has 1 saturated carbocycles. The molecule has 0 aromatic heterocycles. The first-order valence-electron chi connectivity index (χ1n) is 11.3. The van der Waals surface area contributed by atoms with E-state index in [1.165, 1.54) is 0 Å². The van der Waals surface area contributed by atoms with Crippen LogP contribution in [0.25, 0.3) is 0 Å². The second kappa shape index (κ2) is 11.3. The van der Waals surface area contributed by atoms with E-state index in [-0.39, 0.29) is 54.5 Å². The zero-order valence-corrected chi connectivity index (χ0v) is 18.3. The number of hydrogen-bond acceptors (Lipinski definition) is 6. The molecular formula is C23H38O7. The summed E-state index contributed by atoms with van der Waals surface area (Å²) < 4.78 is 5.88. The van der Waals surface area contributed by atoms with Crippen LogP contribution in [-0.4, -0.2) is 56.8 Å². The van der Waals surface area contributed by atoms with Crippen molar-refractivity contribution in [2.45, 2.75) is 90.1 Å². The highest BCUT2D eigenvalue weighted by molar-refractivity contribution is 5.72. The van der Waals surface area contributed by atoms with Crippen LogP contribution in [0.2, 0.25) is 0 Å². The standard InChI is InChI=1S/C23H38O7/c1-4-13(2)23(29)30-20-11-17(25)9-15-6-5-14(3)19(22(15)20)8-7-16(24)10-18(26)12-21(27)28/h5-6,13-20,22,24-26H,4,7-12H2,1-3H3,(H,27,28)/t13-,14-,15-,16+,17+,18+,19-,20-,22-/m0/s1. The number of fused-ring (bicyclic) bond motifs is 1. The molecule has 0 unspecified atom stereocenters. The molecule has 0 heterocycles. The van der Waals surface area contributed by atoms with E-state index < -0.39 is 24.3 Å². The maximum absolute atomic E-state index is 12.4. The van der Waals surface area contributed by atoms with Gasteiger partial charge in [0, 0.05) is 12.3 Å². The molecule has 0 radical (unpaired) electrons. The number of carboxylic acids is 1. The zero-order valence-electron chi connectivity index (χ0n) is 18.3. The van der Waals surface area contributed by atoms with Gasteiger partial charge in [-0.05, 0) is 49.9 Å². The van der Waals surface area contributed by atoms with Gasteiger partial charge in [-0.15, -0.1) is 0 Å². The van der Waals surface area contributed by atoms with E-state index in [4.69, 9.17) is 9.84 Å². The third kappa shape index (κ3) is 6.79. The van der Waals surface area contributed by atoms with Crippen molar-refractivity contribution in [1.82, 2.24) is 0 Å². The number of carboxylic acid groups (broad SMARTS) is 1. The lowest BCUT2D eigenvalue weighted by Gasteiger charge is -2.47. The monoisotopic (exact) mass is 426 g/mol. The smallest absolute Gasteiger partial charge is 0.308 e. The van der Waals surface area contributed by atoms with Crippen LogP contribution < -0.4 is 0 Å². The second-order valence-electron chi connectivity index (χ2n) is 9.28. The number of aliphatic hydroxyl groups excluding tert-OH is 3. The van der Waals surface area contributed by atoms with Gasteiger partial charge in [-0.1, -0.05) is 32.9 Å².